The van der Waals surface area contributed by atoms with Crippen molar-refractivity contribution in [2.45, 2.75) is 153 Å². The molecule has 0 aromatic heterocycles. The molecule has 0 bridgehead atoms. The van der Waals surface area contributed by atoms with Crippen molar-refractivity contribution < 1.29 is 15.0 Å². The fraction of sp³-hybridized carbons (Fsp3) is 0.917. The monoisotopic (exact) mass is 549 g/mol. The third-order valence-electron chi connectivity index (χ3n) is 12.3. The molecule has 3 nitrogen and oxygen atoms in total. The minimum Gasteiger partial charge on any atom is -0.481 e. The van der Waals surface area contributed by atoms with E-state index in [1.807, 2.05) is 0 Å². The molecule has 2 N–H and O–H groups in total. The second kappa shape index (κ2) is 16.0. The third kappa shape index (κ3) is 9.08. The molecule has 0 aliphatic heterocycles. The first-order chi connectivity index (χ1) is 18.2. The molecule has 0 heterocycles. The zero-order chi connectivity index (χ0) is 30.0. The maximum absolute atomic E-state index is 11.3. The quantitative estimate of drug-likeness (QED) is 0.158. The number of aliphatic hydroxyl groups excluding tert-OH is 1. The van der Waals surface area contributed by atoms with Gasteiger partial charge < -0.3 is 10.2 Å². The second-order valence-electron chi connectivity index (χ2n) is 14.8. The highest BCUT2D eigenvalue weighted by molar-refractivity contribution is 5.66. The first-order valence-electron chi connectivity index (χ1n) is 16.6. The summed E-state index contributed by atoms with van der Waals surface area (Å²) in [4.78, 5) is 11.3. The Hall–Kier alpha value is -0.830. The Labute approximate surface area is 244 Å². The van der Waals surface area contributed by atoms with E-state index in [1.165, 1.54) is 50.5 Å². The first-order valence-corrected chi connectivity index (χ1v) is 16.6. The van der Waals surface area contributed by atoms with E-state index in [-0.39, 0.29) is 22.9 Å². The average Bonchev–Trinajstić information content (AvgIpc) is 3.30. The summed E-state index contributed by atoms with van der Waals surface area (Å²) in [6.07, 6.45) is 15.4. The number of allylic oxidation sites excluding steroid dienone is 2. The molecule has 3 heteroatoms. The van der Waals surface area contributed by atoms with Crippen LogP contribution in [0, 0.1) is 51.8 Å². The van der Waals surface area contributed by atoms with Gasteiger partial charge in [-0.25, -0.2) is 0 Å². The molecule has 230 valence electrons. The van der Waals surface area contributed by atoms with Gasteiger partial charge in [0.25, 0.3) is 0 Å². The number of carboxylic acids is 1. The number of hydrogen-bond donors (Lipinski definition) is 2. The number of carboxylic acid groups (broad SMARTS) is 1. The lowest BCUT2D eigenvalue weighted by Crippen LogP contribution is -2.44. The van der Waals surface area contributed by atoms with Crippen molar-refractivity contribution in [1.29, 1.82) is 0 Å². The van der Waals surface area contributed by atoms with Crippen LogP contribution in [-0.2, 0) is 4.79 Å². The summed E-state index contributed by atoms with van der Waals surface area (Å²) < 4.78 is 0. The fourth-order valence-electron chi connectivity index (χ4n) is 8.75. The molecular weight excluding hydrogens is 480 g/mol. The number of rotatable bonds is 19. The van der Waals surface area contributed by atoms with E-state index >= 15 is 0 Å². The Balaban J connectivity index is 3.20. The third-order valence-corrected chi connectivity index (χ3v) is 12.3. The molecule has 1 saturated carbocycles. The minimum atomic E-state index is -0.661. The van der Waals surface area contributed by atoms with Gasteiger partial charge in [-0.05, 0) is 104 Å². The molecule has 8 unspecified atom stereocenters. The SMILES string of the molecule is CC=C(C)C1CCC(CC)(CCCC(=O)O)C1C(C)CCC(C)C(C)(CC)C(CCC(C)CC)C(C)(C)CO. The molecule has 0 spiro atoms. The predicted molar refractivity (Wildman–Crippen MR) is 169 cm³/mol. The van der Waals surface area contributed by atoms with Gasteiger partial charge in [0.15, 0.2) is 0 Å². The highest BCUT2D eigenvalue weighted by Gasteiger charge is 2.50. The molecular formula is C36H68O3. The number of aliphatic hydroxyl groups is 1. The van der Waals surface area contributed by atoms with Crippen LogP contribution in [0.4, 0.5) is 0 Å². The first kappa shape index (κ1) is 36.2. The van der Waals surface area contributed by atoms with Crippen molar-refractivity contribution in [2.75, 3.05) is 6.61 Å². The van der Waals surface area contributed by atoms with E-state index in [4.69, 9.17) is 0 Å². The molecule has 0 amide bonds. The Morgan fingerprint density at radius 1 is 1.05 bits per heavy atom. The molecule has 1 aliphatic carbocycles. The predicted octanol–water partition coefficient (Wildman–Crippen LogP) is 10.6. The van der Waals surface area contributed by atoms with E-state index in [0.717, 1.165) is 31.6 Å². The number of aliphatic carboxylic acids is 1. The van der Waals surface area contributed by atoms with Crippen molar-refractivity contribution in [2.24, 2.45) is 51.8 Å². The smallest absolute Gasteiger partial charge is 0.303 e. The van der Waals surface area contributed by atoms with Gasteiger partial charge in [-0.2, -0.15) is 0 Å². The largest absolute Gasteiger partial charge is 0.481 e. The topological polar surface area (TPSA) is 57.5 Å². The molecule has 0 radical (unpaired) electrons. The van der Waals surface area contributed by atoms with Crippen LogP contribution in [0.25, 0.3) is 0 Å². The van der Waals surface area contributed by atoms with Gasteiger partial charge in [0.1, 0.15) is 0 Å². The van der Waals surface area contributed by atoms with Crippen LogP contribution in [-0.4, -0.2) is 22.8 Å². The summed E-state index contributed by atoms with van der Waals surface area (Å²) in [6, 6.07) is 0. The number of hydrogen-bond acceptors (Lipinski definition) is 2. The van der Waals surface area contributed by atoms with E-state index in [1.54, 1.807) is 0 Å². The van der Waals surface area contributed by atoms with E-state index < -0.39 is 5.97 Å². The molecule has 1 aliphatic rings. The molecule has 0 aromatic carbocycles. The van der Waals surface area contributed by atoms with Gasteiger partial charge in [0.05, 0.1) is 0 Å². The lowest BCUT2D eigenvalue weighted by Gasteiger charge is -2.50. The Morgan fingerprint density at radius 2 is 1.69 bits per heavy atom. The maximum Gasteiger partial charge on any atom is 0.303 e. The van der Waals surface area contributed by atoms with Gasteiger partial charge in [-0.15, -0.1) is 0 Å². The van der Waals surface area contributed by atoms with Crippen molar-refractivity contribution in [3.05, 3.63) is 11.6 Å². The van der Waals surface area contributed by atoms with Crippen molar-refractivity contribution >= 4 is 5.97 Å². The molecule has 0 saturated heterocycles. The standard InChI is InChI=1S/C36H68O3/c1-12-26(5)18-21-31(34(9,10)25-37)35(11,14-3)29(8)20-19-28(7)33-30(27(6)13-2)22-24-36(33,15-4)23-16-17-32(38)39/h13,26,28-31,33,37H,12,14-25H2,1-11H3,(H,38,39). The van der Waals surface area contributed by atoms with Crippen LogP contribution >= 0.6 is 0 Å². The lowest BCUT2D eigenvalue weighted by molar-refractivity contribution is -0.137. The molecule has 1 fully saturated rings. The zero-order valence-corrected chi connectivity index (χ0v) is 28.0. The van der Waals surface area contributed by atoms with Crippen molar-refractivity contribution in [1.82, 2.24) is 0 Å². The van der Waals surface area contributed by atoms with Gasteiger partial charge in [0.2, 0.25) is 0 Å². The summed E-state index contributed by atoms with van der Waals surface area (Å²) in [7, 11) is 0. The Morgan fingerprint density at radius 3 is 2.18 bits per heavy atom. The van der Waals surface area contributed by atoms with Gasteiger partial charge in [-0.1, -0.05) is 106 Å². The summed E-state index contributed by atoms with van der Waals surface area (Å²) in [6.45, 7) is 26.2. The summed E-state index contributed by atoms with van der Waals surface area (Å²) in [5.41, 5.74) is 1.90. The fourth-order valence-corrected chi connectivity index (χ4v) is 8.75. The van der Waals surface area contributed by atoms with E-state index in [2.05, 4.69) is 82.2 Å². The molecule has 39 heavy (non-hydrogen) atoms. The van der Waals surface area contributed by atoms with Gasteiger partial charge in [-0.3, -0.25) is 4.79 Å². The van der Waals surface area contributed by atoms with Crippen molar-refractivity contribution in [3.63, 3.8) is 0 Å². The Kier molecular flexibility index (Phi) is 14.8. The zero-order valence-electron chi connectivity index (χ0n) is 28.0. The summed E-state index contributed by atoms with van der Waals surface area (Å²) in [5, 5.41) is 19.8. The molecule has 1 rings (SSSR count). The Bertz CT molecular complexity index is 754. The van der Waals surface area contributed by atoms with Gasteiger partial charge >= 0.3 is 5.97 Å². The van der Waals surface area contributed by atoms with E-state index in [0.29, 0.717) is 36.0 Å². The maximum atomic E-state index is 11.3. The highest BCUT2D eigenvalue weighted by Crippen LogP contribution is 2.58. The minimum absolute atomic E-state index is 0.0841. The van der Waals surface area contributed by atoms with Crippen LogP contribution in [0.3, 0.4) is 0 Å². The summed E-state index contributed by atoms with van der Waals surface area (Å²) >= 11 is 0. The van der Waals surface area contributed by atoms with Crippen LogP contribution in [0.1, 0.15) is 153 Å². The summed E-state index contributed by atoms with van der Waals surface area (Å²) in [5.74, 6) is 3.02. The van der Waals surface area contributed by atoms with Crippen molar-refractivity contribution in [3.8, 4) is 0 Å². The highest BCUT2D eigenvalue weighted by atomic mass is 16.4. The van der Waals surface area contributed by atoms with Crippen LogP contribution < -0.4 is 0 Å². The van der Waals surface area contributed by atoms with Gasteiger partial charge in [0, 0.05) is 13.0 Å². The average molecular weight is 549 g/mol. The normalized spacial score (nSPS) is 27.1. The molecule has 0 aromatic rings. The lowest BCUT2D eigenvalue weighted by atomic mass is 9.55. The van der Waals surface area contributed by atoms with Crippen LogP contribution in [0.15, 0.2) is 11.6 Å². The van der Waals surface area contributed by atoms with E-state index in [9.17, 15) is 15.0 Å². The molecule has 8 atom stereocenters. The van der Waals surface area contributed by atoms with Crippen LogP contribution in [0.2, 0.25) is 0 Å². The second-order valence-corrected chi connectivity index (χ2v) is 14.8. The number of carbonyl (C=O) groups is 1. The van der Waals surface area contributed by atoms with Crippen LogP contribution in [0.5, 0.6) is 0 Å².